The second kappa shape index (κ2) is 7.07. The Labute approximate surface area is 150 Å². The highest BCUT2D eigenvalue weighted by atomic mass is 32.1. The van der Waals surface area contributed by atoms with E-state index in [9.17, 15) is 4.79 Å². The van der Waals surface area contributed by atoms with Gasteiger partial charge in [-0.15, -0.1) is 0 Å². The molecular formula is C20H18N2O2S. The van der Waals surface area contributed by atoms with Crippen molar-refractivity contribution in [3.63, 3.8) is 0 Å². The Morgan fingerprint density at radius 1 is 1.28 bits per heavy atom. The smallest absolute Gasteiger partial charge is 0.189 e. The molecule has 4 nitrogen and oxygen atoms in total. The van der Waals surface area contributed by atoms with Crippen LogP contribution in [0.5, 0.6) is 5.75 Å². The molecule has 0 radical (unpaired) electrons. The third kappa shape index (κ3) is 3.56. The maximum absolute atomic E-state index is 12.7. The molecule has 1 aromatic carbocycles. The van der Waals surface area contributed by atoms with Crippen LogP contribution in [0, 0.1) is 0 Å². The van der Waals surface area contributed by atoms with Gasteiger partial charge in [0.15, 0.2) is 5.78 Å². The lowest BCUT2D eigenvalue weighted by molar-refractivity contribution is 0.102. The fourth-order valence-electron chi connectivity index (χ4n) is 3.04. The fraction of sp³-hybridized carbons (Fsp3) is 0.200. The number of ketones is 1. The molecular weight excluding hydrogens is 332 g/mol. The quantitative estimate of drug-likeness (QED) is 0.698. The lowest BCUT2D eigenvalue weighted by Gasteiger charge is -2.18. The van der Waals surface area contributed by atoms with Crippen molar-refractivity contribution in [1.82, 2.24) is 9.97 Å². The topological polar surface area (TPSA) is 55.0 Å². The first-order chi connectivity index (χ1) is 12.3. The van der Waals surface area contributed by atoms with Gasteiger partial charge in [0, 0.05) is 23.8 Å². The Bertz CT molecular complexity index is 896. The summed E-state index contributed by atoms with van der Waals surface area (Å²) in [4.78, 5) is 19.8. The summed E-state index contributed by atoms with van der Waals surface area (Å²) in [6.45, 7) is 0.570. The van der Waals surface area contributed by atoms with Gasteiger partial charge < -0.3 is 9.72 Å². The largest absolute Gasteiger partial charge is 0.493 e. The monoisotopic (exact) mass is 350 g/mol. The van der Waals surface area contributed by atoms with Crippen molar-refractivity contribution in [3.8, 4) is 5.75 Å². The number of Topliss-reactive ketones (excluding diaryl/α,β-unsaturated/α-hetero) is 1. The van der Waals surface area contributed by atoms with Crippen LogP contribution in [0.1, 0.15) is 33.6 Å². The molecule has 1 N–H and O–H groups in total. The second-order valence-electron chi connectivity index (χ2n) is 6.03. The number of aromatic nitrogens is 2. The average Bonchev–Trinajstić information content (AvgIpc) is 3.31. The minimum Gasteiger partial charge on any atom is -0.493 e. The number of aryl methyl sites for hydroxylation is 1. The molecule has 0 aliphatic heterocycles. The van der Waals surface area contributed by atoms with E-state index in [1.165, 1.54) is 0 Å². The van der Waals surface area contributed by atoms with Gasteiger partial charge in [-0.3, -0.25) is 4.79 Å². The number of thiophene rings is 1. The molecule has 0 saturated carbocycles. The molecule has 2 heterocycles. The molecule has 126 valence electrons. The van der Waals surface area contributed by atoms with Crippen LogP contribution < -0.4 is 4.74 Å². The molecule has 0 fully saturated rings. The predicted octanol–water partition coefficient (Wildman–Crippen LogP) is 4.31. The zero-order chi connectivity index (χ0) is 17.1. The normalized spacial score (nSPS) is 15.4. The number of ether oxygens (including phenoxy) is 1. The summed E-state index contributed by atoms with van der Waals surface area (Å²) in [5.74, 6) is 0.947. The van der Waals surface area contributed by atoms with Crippen LogP contribution in [0.4, 0.5) is 0 Å². The number of aromatic amines is 1. The number of benzene rings is 1. The first kappa shape index (κ1) is 15.8. The van der Waals surface area contributed by atoms with Crippen LogP contribution in [0.25, 0.3) is 6.08 Å². The summed E-state index contributed by atoms with van der Waals surface area (Å²) >= 11 is 1.64. The second-order valence-corrected chi connectivity index (χ2v) is 6.81. The van der Waals surface area contributed by atoms with Crippen LogP contribution in [0.3, 0.4) is 0 Å². The van der Waals surface area contributed by atoms with E-state index in [2.05, 4.69) is 15.3 Å². The summed E-state index contributed by atoms with van der Waals surface area (Å²) in [7, 11) is 0. The molecule has 5 heteroatoms. The Balaban J connectivity index is 1.46. The van der Waals surface area contributed by atoms with Crippen molar-refractivity contribution >= 4 is 23.2 Å². The predicted molar refractivity (Wildman–Crippen MR) is 99.2 cm³/mol. The number of hydrogen-bond acceptors (Lipinski definition) is 4. The van der Waals surface area contributed by atoms with Crippen molar-refractivity contribution < 1.29 is 9.53 Å². The van der Waals surface area contributed by atoms with Gasteiger partial charge in [-0.05, 0) is 65.1 Å². The fourth-order valence-corrected chi connectivity index (χ4v) is 3.66. The van der Waals surface area contributed by atoms with Crippen LogP contribution >= 0.6 is 11.3 Å². The minimum atomic E-state index is 0.135. The van der Waals surface area contributed by atoms with Gasteiger partial charge in [0.1, 0.15) is 5.75 Å². The summed E-state index contributed by atoms with van der Waals surface area (Å²) < 4.78 is 5.81. The number of fused-ring (bicyclic) bond motifs is 1. The summed E-state index contributed by atoms with van der Waals surface area (Å²) in [5, 5.41) is 4.09. The van der Waals surface area contributed by atoms with Crippen LogP contribution in [0.2, 0.25) is 0 Å². The van der Waals surface area contributed by atoms with Gasteiger partial charge in [0.2, 0.25) is 0 Å². The maximum atomic E-state index is 12.7. The first-order valence-corrected chi connectivity index (χ1v) is 9.25. The molecule has 4 rings (SSSR count). The highest BCUT2D eigenvalue weighted by Crippen LogP contribution is 2.29. The van der Waals surface area contributed by atoms with E-state index in [4.69, 9.17) is 4.74 Å². The molecule has 2 aromatic heterocycles. The molecule has 0 saturated heterocycles. The number of imidazole rings is 1. The number of hydrogen-bond donors (Lipinski definition) is 1. The standard InChI is InChI=1S/C20H18N2O2S/c23-20-16(9-14-6-8-25-12-14)2-1-15-10-18(3-4-19(15)20)24-7-5-17-11-21-13-22-17/h3-4,6,8-13H,1-2,5,7H2,(H,21,22). The highest BCUT2D eigenvalue weighted by Gasteiger charge is 2.22. The third-order valence-electron chi connectivity index (χ3n) is 4.34. The number of rotatable bonds is 5. The van der Waals surface area contributed by atoms with Gasteiger partial charge >= 0.3 is 0 Å². The Morgan fingerprint density at radius 2 is 2.24 bits per heavy atom. The summed E-state index contributed by atoms with van der Waals surface area (Å²) in [6, 6.07) is 7.81. The Morgan fingerprint density at radius 3 is 3.04 bits per heavy atom. The van der Waals surface area contributed by atoms with E-state index >= 15 is 0 Å². The van der Waals surface area contributed by atoms with Crippen LogP contribution in [0.15, 0.2) is 53.1 Å². The number of nitrogens with zero attached hydrogens (tertiary/aromatic N) is 1. The molecule has 25 heavy (non-hydrogen) atoms. The molecule has 0 spiro atoms. The van der Waals surface area contributed by atoms with E-state index in [0.717, 1.165) is 53.0 Å². The van der Waals surface area contributed by atoms with Gasteiger partial charge in [-0.1, -0.05) is 0 Å². The van der Waals surface area contributed by atoms with E-state index < -0.39 is 0 Å². The zero-order valence-corrected chi connectivity index (χ0v) is 14.5. The molecule has 1 aliphatic carbocycles. The SMILES string of the molecule is O=C1C(=Cc2ccsc2)CCc2cc(OCCc3c[nH]cn3)ccc21. The average molecular weight is 350 g/mol. The lowest BCUT2D eigenvalue weighted by Crippen LogP contribution is -2.14. The molecule has 0 bridgehead atoms. The summed E-state index contributed by atoms with van der Waals surface area (Å²) in [6.07, 6.45) is 7.95. The van der Waals surface area contributed by atoms with Gasteiger partial charge in [-0.25, -0.2) is 4.98 Å². The van der Waals surface area contributed by atoms with Gasteiger partial charge in [0.25, 0.3) is 0 Å². The molecule has 0 amide bonds. The number of carbonyl (C=O) groups excluding carboxylic acids is 1. The molecule has 0 unspecified atom stereocenters. The van der Waals surface area contributed by atoms with E-state index in [1.54, 1.807) is 17.7 Å². The molecule has 0 atom stereocenters. The zero-order valence-electron chi connectivity index (χ0n) is 13.7. The van der Waals surface area contributed by atoms with Crippen molar-refractivity contribution in [2.45, 2.75) is 19.3 Å². The first-order valence-electron chi connectivity index (χ1n) is 8.30. The number of allylic oxidation sites excluding steroid dienone is 1. The van der Waals surface area contributed by atoms with Gasteiger partial charge in [-0.2, -0.15) is 11.3 Å². The van der Waals surface area contributed by atoms with Crippen molar-refractivity contribution in [2.75, 3.05) is 6.61 Å². The maximum Gasteiger partial charge on any atom is 0.189 e. The minimum absolute atomic E-state index is 0.135. The summed E-state index contributed by atoms with van der Waals surface area (Å²) in [5.41, 5.74) is 4.85. The van der Waals surface area contributed by atoms with Crippen LogP contribution in [-0.4, -0.2) is 22.4 Å². The van der Waals surface area contributed by atoms with Crippen molar-refractivity contribution in [1.29, 1.82) is 0 Å². The number of carbonyl (C=O) groups is 1. The van der Waals surface area contributed by atoms with Crippen molar-refractivity contribution in [2.24, 2.45) is 0 Å². The number of H-pyrrole nitrogens is 1. The Hall–Kier alpha value is -2.66. The van der Waals surface area contributed by atoms with E-state index in [-0.39, 0.29) is 5.78 Å². The van der Waals surface area contributed by atoms with Gasteiger partial charge in [0.05, 0.1) is 18.6 Å². The Kier molecular flexibility index (Phi) is 4.48. The number of nitrogens with one attached hydrogen (secondary N) is 1. The lowest BCUT2D eigenvalue weighted by atomic mass is 9.86. The highest BCUT2D eigenvalue weighted by molar-refractivity contribution is 7.08. The third-order valence-corrected chi connectivity index (χ3v) is 5.04. The van der Waals surface area contributed by atoms with E-state index in [1.807, 2.05) is 41.9 Å². The van der Waals surface area contributed by atoms with E-state index in [0.29, 0.717) is 6.61 Å². The van der Waals surface area contributed by atoms with Crippen molar-refractivity contribution in [3.05, 3.63) is 75.5 Å². The molecule has 1 aliphatic rings. The molecule has 3 aromatic rings. The van der Waals surface area contributed by atoms with Crippen LogP contribution in [-0.2, 0) is 12.8 Å².